The van der Waals surface area contributed by atoms with E-state index in [1.165, 1.54) is 5.56 Å². The van der Waals surface area contributed by atoms with Crippen LogP contribution in [0.3, 0.4) is 0 Å². The van der Waals surface area contributed by atoms with Crippen molar-refractivity contribution in [1.29, 1.82) is 0 Å². The lowest BCUT2D eigenvalue weighted by molar-refractivity contribution is -0.119. The van der Waals surface area contributed by atoms with E-state index in [2.05, 4.69) is 12.2 Å². The molecule has 4 nitrogen and oxygen atoms in total. The van der Waals surface area contributed by atoms with Gasteiger partial charge in [-0.1, -0.05) is 31.2 Å². The van der Waals surface area contributed by atoms with Crippen molar-refractivity contribution in [3.8, 4) is 0 Å². The molecule has 1 atom stereocenters. The molecule has 4 heteroatoms. The molecular weight excluding hydrogens is 324 g/mol. The Bertz CT molecular complexity index is 811. The molecule has 3 rings (SSSR count). The lowest BCUT2D eigenvalue weighted by atomic mass is 10.1. The van der Waals surface area contributed by atoms with Gasteiger partial charge in [-0.15, -0.1) is 0 Å². The average Bonchev–Trinajstić information content (AvgIpc) is 3.14. The number of aryl methyl sites for hydroxylation is 3. The third kappa shape index (κ3) is 3.79. The van der Waals surface area contributed by atoms with Gasteiger partial charge in [-0.25, -0.2) is 0 Å². The van der Waals surface area contributed by atoms with Crippen molar-refractivity contribution in [2.24, 2.45) is 0 Å². The summed E-state index contributed by atoms with van der Waals surface area (Å²) in [7, 11) is 0. The fourth-order valence-electron chi connectivity index (χ4n) is 3.42. The molecular formula is C22H26N2O2. The summed E-state index contributed by atoms with van der Waals surface area (Å²) in [6, 6.07) is 13.3. The number of hydrogen-bond donors (Lipinski definition) is 1. The number of amides is 2. The van der Waals surface area contributed by atoms with E-state index in [0.29, 0.717) is 18.5 Å². The zero-order valence-corrected chi connectivity index (χ0v) is 15.7. The lowest BCUT2D eigenvalue weighted by Gasteiger charge is -2.24. The predicted octanol–water partition coefficient (Wildman–Crippen LogP) is 4.11. The molecule has 0 radical (unpaired) electrons. The first-order chi connectivity index (χ1) is 12.5. The van der Waals surface area contributed by atoms with Gasteiger partial charge in [0, 0.05) is 17.8 Å². The lowest BCUT2D eigenvalue weighted by Crippen LogP contribution is -2.43. The van der Waals surface area contributed by atoms with Crippen LogP contribution in [0.5, 0.6) is 0 Å². The summed E-state index contributed by atoms with van der Waals surface area (Å²) >= 11 is 0. The average molecular weight is 350 g/mol. The molecule has 0 saturated carbocycles. The Labute approximate surface area is 155 Å². The van der Waals surface area contributed by atoms with Gasteiger partial charge >= 0.3 is 0 Å². The first kappa shape index (κ1) is 18.2. The molecule has 1 N–H and O–H groups in total. The molecule has 0 spiro atoms. The quantitative estimate of drug-likeness (QED) is 0.902. The summed E-state index contributed by atoms with van der Waals surface area (Å²) in [5, 5.41) is 3.01. The normalized spacial score (nSPS) is 16.6. The summed E-state index contributed by atoms with van der Waals surface area (Å²) in [6.45, 7) is 6.69. The van der Waals surface area contributed by atoms with Gasteiger partial charge in [0.15, 0.2) is 0 Å². The molecule has 26 heavy (non-hydrogen) atoms. The minimum atomic E-state index is -0.409. The van der Waals surface area contributed by atoms with Crippen molar-refractivity contribution in [2.75, 3.05) is 11.9 Å². The Morgan fingerprint density at radius 3 is 2.54 bits per heavy atom. The van der Waals surface area contributed by atoms with Crippen LogP contribution < -0.4 is 5.32 Å². The number of nitrogens with one attached hydrogen (secondary N) is 1. The summed E-state index contributed by atoms with van der Waals surface area (Å²) in [5.41, 5.74) is 4.79. The second-order valence-electron chi connectivity index (χ2n) is 7.01. The number of hydrogen-bond acceptors (Lipinski definition) is 2. The molecule has 2 aromatic carbocycles. The number of carbonyl (C=O) groups is 2. The van der Waals surface area contributed by atoms with E-state index < -0.39 is 6.04 Å². The number of benzene rings is 2. The molecule has 0 aliphatic carbocycles. The van der Waals surface area contributed by atoms with Gasteiger partial charge in [0.2, 0.25) is 5.91 Å². The van der Waals surface area contributed by atoms with E-state index in [1.54, 1.807) is 4.90 Å². The topological polar surface area (TPSA) is 49.4 Å². The number of carbonyl (C=O) groups excluding carboxylic acids is 2. The summed E-state index contributed by atoms with van der Waals surface area (Å²) in [5.74, 6) is -0.166. The van der Waals surface area contributed by atoms with Crippen LogP contribution in [0.2, 0.25) is 0 Å². The van der Waals surface area contributed by atoms with Crippen LogP contribution in [0, 0.1) is 13.8 Å². The maximum Gasteiger partial charge on any atom is 0.254 e. The first-order valence-corrected chi connectivity index (χ1v) is 9.27. The first-order valence-electron chi connectivity index (χ1n) is 9.27. The molecule has 1 fully saturated rings. The van der Waals surface area contributed by atoms with Crippen LogP contribution in [-0.2, 0) is 11.2 Å². The molecule has 1 unspecified atom stereocenters. The molecule has 0 aromatic heterocycles. The van der Waals surface area contributed by atoms with Gasteiger partial charge in [-0.05, 0) is 68.0 Å². The van der Waals surface area contributed by atoms with Crippen molar-refractivity contribution in [3.05, 3.63) is 64.7 Å². The number of rotatable bonds is 4. The van der Waals surface area contributed by atoms with Gasteiger partial charge in [0.25, 0.3) is 5.91 Å². The molecule has 1 aliphatic heterocycles. The molecule has 2 amide bonds. The minimum absolute atomic E-state index is 0.0636. The second-order valence-corrected chi connectivity index (χ2v) is 7.01. The molecule has 1 heterocycles. The van der Waals surface area contributed by atoms with Crippen LogP contribution in [-0.4, -0.2) is 29.3 Å². The Morgan fingerprint density at radius 2 is 1.85 bits per heavy atom. The molecule has 1 aliphatic rings. The smallest absolute Gasteiger partial charge is 0.254 e. The second kappa shape index (κ2) is 7.73. The Kier molecular flexibility index (Phi) is 5.40. The third-order valence-electron chi connectivity index (χ3n) is 5.08. The highest BCUT2D eigenvalue weighted by molar-refractivity contribution is 6.01. The van der Waals surface area contributed by atoms with E-state index in [1.807, 2.05) is 56.3 Å². The maximum atomic E-state index is 12.9. The van der Waals surface area contributed by atoms with E-state index >= 15 is 0 Å². The standard InChI is InChI=1S/C22H26N2O2/c1-4-17-9-11-18(12-10-17)22(26)24-13-5-6-20(24)21(25)23-19-14-15(2)7-8-16(19)3/h7-12,14,20H,4-6,13H2,1-3H3,(H,23,25). The molecule has 0 bridgehead atoms. The molecule has 136 valence electrons. The Balaban J connectivity index is 1.75. The van der Waals surface area contributed by atoms with Gasteiger partial charge in [0.1, 0.15) is 6.04 Å². The zero-order chi connectivity index (χ0) is 18.7. The number of anilines is 1. The van der Waals surface area contributed by atoms with Crippen LogP contribution in [0.25, 0.3) is 0 Å². The van der Waals surface area contributed by atoms with Gasteiger partial charge in [0.05, 0.1) is 0 Å². The summed E-state index contributed by atoms with van der Waals surface area (Å²) < 4.78 is 0. The van der Waals surface area contributed by atoms with Crippen molar-refractivity contribution >= 4 is 17.5 Å². The van der Waals surface area contributed by atoms with Crippen molar-refractivity contribution in [2.45, 2.75) is 46.1 Å². The Hall–Kier alpha value is -2.62. The number of likely N-dealkylation sites (tertiary alicyclic amines) is 1. The fourth-order valence-corrected chi connectivity index (χ4v) is 3.42. The van der Waals surface area contributed by atoms with Crippen LogP contribution in [0.4, 0.5) is 5.69 Å². The van der Waals surface area contributed by atoms with Gasteiger partial charge in [-0.3, -0.25) is 9.59 Å². The van der Waals surface area contributed by atoms with Crippen molar-refractivity contribution in [3.63, 3.8) is 0 Å². The predicted molar refractivity (Wildman–Crippen MR) is 104 cm³/mol. The highest BCUT2D eigenvalue weighted by atomic mass is 16.2. The van der Waals surface area contributed by atoms with Crippen LogP contribution in [0.15, 0.2) is 42.5 Å². The SMILES string of the molecule is CCc1ccc(C(=O)N2CCCC2C(=O)Nc2cc(C)ccc2C)cc1. The monoisotopic (exact) mass is 350 g/mol. The van der Waals surface area contributed by atoms with E-state index in [9.17, 15) is 9.59 Å². The fraction of sp³-hybridized carbons (Fsp3) is 0.364. The largest absolute Gasteiger partial charge is 0.327 e. The number of nitrogens with zero attached hydrogens (tertiary/aromatic N) is 1. The van der Waals surface area contributed by atoms with Crippen molar-refractivity contribution in [1.82, 2.24) is 4.90 Å². The van der Waals surface area contributed by atoms with E-state index in [4.69, 9.17) is 0 Å². The summed E-state index contributed by atoms with van der Waals surface area (Å²) in [6.07, 6.45) is 2.50. The van der Waals surface area contributed by atoms with E-state index in [0.717, 1.165) is 29.7 Å². The van der Waals surface area contributed by atoms with Gasteiger partial charge in [-0.2, -0.15) is 0 Å². The van der Waals surface area contributed by atoms with Crippen molar-refractivity contribution < 1.29 is 9.59 Å². The maximum absolute atomic E-state index is 12.9. The Morgan fingerprint density at radius 1 is 1.12 bits per heavy atom. The molecule has 1 saturated heterocycles. The summed E-state index contributed by atoms with van der Waals surface area (Å²) in [4.78, 5) is 27.4. The third-order valence-corrected chi connectivity index (χ3v) is 5.08. The van der Waals surface area contributed by atoms with Gasteiger partial charge < -0.3 is 10.2 Å². The highest BCUT2D eigenvalue weighted by Crippen LogP contribution is 2.23. The minimum Gasteiger partial charge on any atom is -0.327 e. The van der Waals surface area contributed by atoms with Crippen LogP contribution >= 0.6 is 0 Å². The highest BCUT2D eigenvalue weighted by Gasteiger charge is 2.34. The zero-order valence-electron chi connectivity index (χ0n) is 15.7. The van der Waals surface area contributed by atoms with Crippen LogP contribution in [0.1, 0.15) is 46.8 Å². The molecule has 2 aromatic rings. The van der Waals surface area contributed by atoms with E-state index in [-0.39, 0.29) is 11.8 Å².